The third-order valence-corrected chi connectivity index (χ3v) is 27.2. The van der Waals surface area contributed by atoms with E-state index in [1.54, 1.807) is 22.5 Å². The van der Waals surface area contributed by atoms with Crippen molar-refractivity contribution in [1.29, 1.82) is 0 Å². The van der Waals surface area contributed by atoms with Crippen LogP contribution in [0.2, 0.25) is 0 Å². The maximum absolute atomic E-state index is 2.68. The van der Waals surface area contributed by atoms with E-state index in [-0.39, 0.29) is 35.6 Å². The molecule has 42 heavy (non-hydrogen) atoms. The summed E-state index contributed by atoms with van der Waals surface area (Å²) in [5.74, 6) is 0. The standard InChI is InChI=1S/C21H25.C12H10Si.C5H5.2ClH.Zr/c1-20(2,3)16-9-7-14-11-15-8-10-17(21(4,5)6)13-19(15)18(14)12-16;1-3-7-11(8-4-1)13-12-9-5-2-6-10-12;1-2-4-5-3-1;;;/h7,9-10,12-13H,11H2,1-6H3;1-10H;1-3H,4H2;2*1H;. The minimum atomic E-state index is -2.46. The van der Waals surface area contributed by atoms with Crippen LogP contribution in [-0.2, 0) is 37.6 Å². The Kier molecular flexibility index (Phi) is 10.2. The molecule has 4 heteroatoms. The first kappa shape index (κ1) is 32.9. The number of fused-ring (bicyclic) bond motifs is 3. The molecule has 0 amide bonds. The molecule has 0 heterocycles. The van der Waals surface area contributed by atoms with Gasteiger partial charge in [-0.1, -0.05) is 0 Å². The molecule has 0 fully saturated rings. The Morgan fingerprint density at radius 2 is 1.21 bits per heavy atom. The molecule has 0 aliphatic heterocycles. The predicted octanol–water partition coefficient (Wildman–Crippen LogP) is 8.59. The Labute approximate surface area is 273 Å². The van der Waals surface area contributed by atoms with E-state index in [1.165, 1.54) is 27.8 Å². The van der Waals surface area contributed by atoms with Crippen molar-refractivity contribution in [3.63, 3.8) is 0 Å². The van der Waals surface area contributed by atoms with Gasteiger partial charge in [0.2, 0.25) is 0 Å². The average molecular weight is 689 g/mol. The largest absolute Gasteiger partial charge is 0.147 e. The number of allylic oxidation sites excluding steroid dienone is 4. The van der Waals surface area contributed by atoms with E-state index in [0.29, 0.717) is 0 Å². The van der Waals surface area contributed by atoms with Gasteiger partial charge in [0.05, 0.1) is 0 Å². The fourth-order valence-electron chi connectivity index (χ4n) is 6.16. The zero-order chi connectivity index (χ0) is 28.1. The molecule has 2 aliphatic carbocycles. The second-order valence-electron chi connectivity index (χ2n) is 13.4. The van der Waals surface area contributed by atoms with Crippen LogP contribution in [0, 0.1) is 0 Å². The quantitative estimate of drug-likeness (QED) is 0.166. The smallest absolute Gasteiger partial charge is 0.147 e. The van der Waals surface area contributed by atoms with Crippen LogP contribution in [0.4, 0.5) is 0 Å². The van der Waals surface area contributed by atoms with Gasteiger partial charge in [-0.2, -0.15) is 0 Å². The molecular weight excluding hydrogens is 647 g/mol. The Morgan fingerprint density at radius 1 is 0.643 bits per heavy atom. The van der Waals surface area contributed by atoms with Gasteiger partial charge in [-0.05, 0) is 0 Å². The molecule has 0 atom stereocenters. The van der Waals surface area contributed by atoms with Crippen LogP contribution in [0.5, 0.6) is 0 Å². The molecule has 2 aliphatic rings. The fourth-order valence-corrected chi connectivity index (χ4v) is 26.5. The summed E-state index contributed by atoms with van der Waals surface area (Å²) in [5.41, 5.74) is 8.29. The molecule has 0 aromatic heterocycles. The molecule has 0 saturated carbocycles. The van der Waals surface area contributed by atoms with Crippen molar-refractivity contribution in [3.05, 3.63) is 135 Å². The summed E-state index contributed by atoms with van der Waals surface area (Å²) in [6.07, 6.45) is 9.41. The second-order valence-corrected chi connectivity index (χ2v) is 26.7. The first-order valence-electron chi connectivity index (χ1n) is 14.6. The van der Waals surface area contributed by atoms with E-state index in [2.05, 4.69) is 151 Å². The Hall–Kier alpha value is -1.96. The third-order valence-electron chi connectivity index (χ3n) is 8.49. The zero-order valence-electron chi connectivity index (χ0n) is 25.6. The van der Waals surface area contributed by atoms with E-state index in [1.807, 2.05) is 0 Å². The summed E-state index contributed by atoms with van der Waals surface area (Å²) < 4.78 is 3.50. The Bertz CT molecular complexity index is 1640. The molecule has 0 bridgehead atoms. The SMILES string of the molecule is CC(C)(C)c1ccc2c(c1)-c1cc(C(C)(C)C)c[c]([Zr]([C]3=CC=CC3)=[Si](c3ccccc3)c3ccccc3)c1C2.Cl.Cl. The number of benzene rings is 4. The van der Waals surface area contributed by atoms with Crippen molar-refractivity contribution in [2.75, 3.05) is 0 Å². The van der Waals surface area contributed by atoms with Crippen molar-refractivity contribution < 1.29 is 20.4 Å². The summed E-state index contributed by atoms with van der Waals surface area (Å²) in [4.78, 5) is 0. The van der Waals surface area contributed by atoms with Gasteiger partial charge in [-0.25, -0.2) is 0 Å². The van der Waals surface area contributed by atoms with E-state index in [0.717, 1.165) is 12.8 Å². The molecule has 0 spiro atoms. The van der Waals surface area contributed by atoms with Gasteiger partial charge in [0.15, 0.2) is 0 Å². The van der Waals surface area contributed by atoms with Gasteiger partial charge in [0.1, 0.15) is 0 Å². The van der Waals surface area contributed by atoms with Gasteiger partial charge in [-0.15, -0.1) is 24.8 Å². The zero-order valence-corrected chi connectivity index (χ0v) is 30.7. The van der Waals surface area contributed by atoms with Gasteiger partial charge >= 0.3 is 251 Å². The molecule has 0 saturated heterocycles. The van der Waals surface area contributed by atoms with Crippen LogP contribution in [0.3, 0.4) is 0 Å². The fraction of sp³-hybridized carbons (Fsp3) is 0.263. The Balaban J connectivity index is 0.00000202. The first-order chi connectivity index (χ1) is 19.1. The number of hydrogen-bond donors (Lipinski definition) is 0. The van der Waals surface area contributed by atoms with Crippen molar-refractivity contribution in [1.82, 2.24) is 0 Å². The van der Waals surface area contributed by atoms with Gasteiger partial charge < -0.3 is 0 Å². The molecule has 0 N–H and O–H groups in total. The maximum atomic E-state index is 2.68. The molecule has 4 aromatic carbocycles. The first-order valence-corrected chi connectivity index (χ1v) is 22.3. The molecule has 4 aromatic rings. The van der Waals surface area contributed by atoms with Crippen molar-refractivity contribution in [2.45, 2.75) is 65.2 Å². The van der Waals surface area contributed by atoms with Crippen LogP contribution >= 0.6 is 24.8 Å². The number of hydrogen-bond acceptors (Lipinski definition) is 0. The average Bonchev–Trinajstić information content (AvgIpc) is 3.59. The van der Waals surface area contributed by atoms with Crippen LogP contribution in [0.1, 0.15) is 70.2 Å². The minimum absolute atomic E-state index is 0. The van der Waals surface area contributed by atoms with Crippen LogP contribution in [0.15, 0.2) is 113 Å². The minimum Gasteiger partial charge on any atom is -0.147 e. The van der Waals surface area contributed by atoms with E-state index in [9.17, 15) is 0 Å². The van der Waals surface area contributed by atoms with Crippen LogP contribution in [0.25, 0.3) is 11.1 Å². The molecule has 0 unspecified atom stereocenters. The molecule has 0 radical (unpaired) electrons. The molecule has 0 nitrogen and oxygen atoms in total. The predicted molar refractivity (Wildman–Crippen MR) is 186 cm³/mol. The van der Waals surface area contributed by atoms with E-state index < -0.39 is 25.8 Å². The van der Waals surface area contributed by atoms with Gasteiger partial charge in [-0.3, -0.25) is 0 Å². The summed E-state index contributed by atoms with van der Waals surface area (Å²) in [7, 11) is 0. The third kappa shape index (κ3) is 6.44. The van der Waals surface area contributed by atoms with Crippen molar-refractivity contribution in [3.8, 4) is 11.1 Å². The topological polar surface area (TPSA) is 0 Å². The summed E-state index contributed by atoms with van der Waals surface area (Å²) in [6.45, 7) is 14.2. The van der Waals surface area contributed by atoms with Gasteiger partial charge in [0, 0.05) is 0 Å². The summed E-state index contributed by atoms with van der Waals surface area (Å²) in [5, 5.41) is 3.14. The monoisotopic (exact) mass is 686 g/mol. The Morgan fingerprint density at radius 3 is 1.74 bits per heavy atom. The molecule has 6 rings (SSSR count). The normalized spacial score (nSPS) is 13.4. The van der Waals surface area contributed by atoms with E-state index >= 15 is 0 Å². The number of rotatable bonds is 4. The summed E-state index contributed by atoms with van der Waals surface area (Å²) >= 11 is -2.46. The van der Waals surface area contributed by atoms with Crippen LogP contribution in [-0.4, -0.2) is 5.43 Å². The maximum Gasteiger partial charge on any atom is -0.147 e. The molecular formula is C38H42Cl2SiZr. The summed E-state index contributed by atoms with van der Waals surface area (Å²) in [6, 6.07) is 35.6. The van der Waals surface area contributed by atoms with E-state index in [4.69, 9.17) is 0 Å². The van der Waals surface area contributed by atoms with Crippen LogP contribution < -0.4 is 13.6 Å². The molecule has 216 valence electrons. The second kappa shape index (κ2) is 13.0. The van der Waals surface area contributed by atoms with Crippen molar-refractivity contribution in [2.24, 2.45) is 0 Å². The van der Waals surface area contributed by atoms with Gasteiger partial charge in [0.25, 0.3) is 0 Å². The van der Waals surface area contributed by atoms with Crippen molar-refractivity contribution >= 4 is 43.9 Å². The number of halogens is 2.